The number of benzene rings is 1. The van der Waals surface area contributed by atoms with Crippen LogP contribution in [0.3, 0.4) is 0 Å². The van der Waals surface area contributed by atoms with Crippen LogP contribution in [0.15, 0.2) is 18.2 Å². The van der Waals surface area contributed by atoms with Gasteiger partial charge in [-0.05, 0) is 68.4 Å². The molecule has 6 rings (SSSR count). The third-order valence-electron chi connectivity index (χ3n) is 6.71. The largest absolute Gasteiger partial charge is 0.486 e. The fraction of sp³-hybridized carbons (Fsp3) is 0.650. The van der Waals surface area contributed by atoms with Gasteiger partial charge in [0.25, 0.3) is 0 Å². The lowest BCUT2D eigenvalue weighted by Gasteiger charge is -2.56. The summed E-state index contributed by atoms with van der Waals surface area (Å²) in [7, 11) is 1.92. The maximum absolute atomic E-state index is 13.4. The highest BCUT2D eigenvalue weighted by Gasteiger charge is 2.55. The molecule has 1 amide bonds. The molecule has 128 valence electrons. The smallest absolute Gasteiger partial charge is 0.232 e. The average molecular weight is 327 g/mol. The number of hydrogen-bond donors (Lipinski definition) is 0. The standard InChI is InChI=1S/C20H25NO3/c1-21(16-2-3-17-18(9-16)24-5-4-23-17)19(22)20-10-13-6-14(11-20)8-15(7-13)12-20/h2-3,9,13-15H,4-8,10-12H2,1H3. The Labute approximate surface area is 143 Å². The fourth-order valence-electron chi connectivity index (χ4n) is 6.09. The zero-order chi connectivity index (χ0) is 16.3. The highest BCUT2D eigenvalue weighted by atomic mass is 16.6. The van der Waals surface area contributed by atoms with Crippen LogP contribution >= 0.6 is 0 Å². The van der Waals surface area contributed by atoms with Crippen LogP contribution in [0.25, 0.3) is 0 Å². The third-order valence-corrected chi connectivity index (χ3v) is 6.71. The molecule has 4 saturated carbocycles. The number of amides is 1. The van der Waals surface area contributed by atoms with Gasteiger partial charge in [-0.2, -0.15) is 0 Å². The van der Waals surface area contributed by atoms with Crippen molar-refractivity contribution in [1.82, 2.24) is 0 Å². The third kappa shape index (κ3) is 2.15. The summed E-state index contributed by atoms with van der Waals surface area (Å²) in [5, 5.41) is 0. The summed E-state index contributed by atoms with van der Waals surface area (Å²) in [5.41, 5.74) is 0.816. The van der Waals surface area contributed by atoms with E-state index in [0.29, 0.717) is 19.1 Å². The van der Waals surface area contributed by atoms with E-state index in [4.69, 9.17) is 9.47 Å². The molecule has 1 aromatic rings. The Balaban J connectivity index is 1.42. The lowest BCUT2D eigenvalue weighted by molar-refractivity contribution is -0.143. The van der Waals surface area contributed by atoms with Crippen molar-refractivity contribution in [3.63, 3.8) is 0 Å². The molecule has 5 aliphatic rings. The molecule has 4 nitrogen and oxygen atoms in total. The second kappa shape index (κ2) is 5.14. The number of nitrogens with zero attached hydrogens (tertiary/aromatic N) is 1. The molecule has 0 N–H and O–H groups in total. The summed E-state index contributed by atoms with van der Waals surface area (Å²) in [5.74, 6) is 4.21. The fourth-order valence-corrected chi connectivity index (χ4v) is 6.09. The van der Waals surface area contributed by atoms with E-state index in [9.17, 15) is 4.79 Å². The molecule has 0 saturated heterocycles. The van der Waals surface area contributed by atoms with E-state index < -0.39 is 0 Å². The summed E-state index contributed by atoms with van der Waals surface area (Å²) in [4.78, 5) is 15.3. The predicted octanol–water partition coefficient (Wildman–Crippen LogP) is 3.64. The van der Waals surface area contributed by atoms with Crippen LogP contribution in [0.5, 0.6) is 11.5 Å². The molecule has 1 aromatic carbocycles. The first-order chi connectivity index (χ1) is 11.6. The molecule has 0 aromatic heterocycles. The van der Waals surface area contributed by atoms with Crippen LogP contribution in [0, 0.1) is 23.2 Å². The molecule has 4 aliphatic carbocycles. The summed E-state index contributed by atoms with van der Waals surface area (Å²) < 4.78 is 11.3. The summed E-state index contributed by atoms with van der Waals surface area (Å²) in [6, 6.07) is 5.85. The quantitative estimate of drug-likeness (QED) is 0.832. The van der Waals surface area contributed by atoms with Gasteiger partial charge in [-0.3, -0.25) is 4.79 Å². The number of carbonyl (C=O) groups is 1. The second-order valence-corrected chi connectivity index (χ2v) is 8.39. The van der Waals surface area contributed by atoms with E-state index in [-0.39, 0.29) is 5.41 Å². The molecule has 1 heterocycles. The van der Waals surface area contributed by atoms with Crippen molar-refractivity contribution in [2.24, 2.45) is 23.2 Å². The minimum atomic E-state index is -0.100. The summed E-state index contributed by atoms with van der Waals surface area (Å²) in [6.07, 6.45) is 7.40. The van der Waals surface area contributed by atoms with Gasteiger partial charge in [0, 0.05) is 18.8 Å². The zero-order valence-corrected chi connectivity index (χ0v) is 14.3. The van der Waals surface area contributed by atoms with Crippen molar-refractivity contribution in [2.45, 2.75) is 38.5 Å². The van der Waals surface area contributed by atoms with Crippen LogP contribution in [0.4, 0.5) is 5.69 Å². The van der Waals surface area contributed by atoms with Crippen molar-refractivity contribution >= 4 is 11.6 Å². The van der Waals surface area contributed by atoms with E-state index in [2.05, 4.69) is 0 Å². The number of hydrogen-bond acceptors (Lipinski definition) is 3. The molecular formula is C20H25NO3. The Morgan fingerprint density at radius 1 is 1.00 bits per heavy atom. The van der Waals surface area contributed by atoms with E-state index in [1.165, 1.54) is 19.3 Å². The second-order valence-electron chi connectivity index (χ2n) is 8.39. The van der Waals surface area contributed by atoms with E-state index in [1.54, 1.807) is 0 Å². The lowest BCUT2D eigenvalue weighted by Crippen LogP contribution is -2.54. The number of anilines is 1. The van der Waals surface area contributed by atoms with Gasteiger partial charge in [-0.25, -0.2) is 0 Å². The van der Waals surface area contributed by atoms with Gasteiger partial charge in [-0.1, -0.05) is 0 Å². The average Bonchev–Trinajstić information content (AvgIpc) is 2.59. The van der Waals surface area contributed by atoms with Crippen LogP contribution < -0.4 is 14.4 Å². The normalized spacial score (nSPS) is 35.8. The first-order valence-electron chi connectivity index (χ1n) is 9.31. The Morgan fingerprint density at radius 3 is 2.21 bits per heavy atom. The van der Waals surface area contributed by atoms with Crippen molar-refractivity contribution in [2.75, 3.05) is 25.2 Å². The predicted molar refractivity (Wildman–Crippen MR) is 91.4 cm³/mol. The maximum Gasteiger partial charge on any atom is 0.232 e. The summed E-state index contributed by atoms with van der Waals surface area (Å²) in [6.45, 7) is 1.16. The van der Waals surface area contributed by atoms with Crippen molar-refractivity contribution in [1.29, 1.82) is 0 Å². The first-order valence-corrected chi connectivity index (χ1v) is 9.31. The minimum absolute atomic E-state index is 0.100. The molecule has 0 unspecified atom stereocenters. The van der Waals surface area contributed by atoms with E-state index >= 15 is 0 Å². The molecular weight excluding hydrogens is 302 g/mol. The van der Waals surface area contributed by atoms with Gasteiger partial charge < -0.3 is 14.4 Å². The minimum Gasteiger partial charge on any atom is -0.486 e. The van der Waals surface area contributed by atoms with Crippen LogP contribution in [0.2, 0.25) is 0 Å². The number of rotatable bonds is 2. The Morgan fingerprint density at radius 2 is 1.58 bits per heavy atom. The first kappa shape index (κ1) is 14.6. The number of fused-ring (bicyclic) bond motifs is 1. The topological polar surface area (TPSA) is 38.8 Å². The van der Waals surface area contributed by atoms with Gasteiger partial charge in [-0.15, -0.1) is 0 Å². The maximum atomic E-state index is 13.4. The Kier molecular flexibility index (Phi) is 3.13. The van der Waals surface area contributed by atoms with Gasteiger partial charge in [0.05, 0.1) is 5.41 Å². The molecule has 4 heteroatoms. The van der Waals surface area contributed by atoms with Crippen LogP contribution in [-0.2, 0) is 4.79 Å². The number of ether oxygens (including phenoxy) is 2. The molecule has 1 aliphatic heterocycles. The number of carbonyl (C=O) groups excluding carboxylic acids is 1. The molecule has 24 heavy (non-hydrogen) atoms. The monoisotopic (exact) mass is 327 g/mol. The van der Waals surface area contributed by atoms with E-state index in [0.717, 1.165) is 54.2 Å². The highest BCUT2D eigenvalue weighted by molar-refractivity contribution is 5.97. The van der Waals surface area contributed by atoms with Gasteiger partial charge in [0.1, 0.15) is 13.2 Å². The van der Waals surface area contributed by atoms with Crippen molar-refractivity contribution in [3.8, 4) is 11.5 Å². The SMILES string of the molecule is CN(C(=O)C12CC3CC(CC(C3)C1)C2)c1ccc2c(c1)OCCO2. The van der Waals surface area contributed by atoms with Crippen molar-refractivity contribution < 1.29 is 14.3 Å². The zero-order valence-electron chi connectivity index (χ0n) is 14.3. The highest BCUT2D eigenvalue weighted by Crippen LogP contribution is 2.60. The Bertz CT molecular complexity index is 648. The molecule has 0 radical (unpaired) electrons. The molecule has 0 spiro atoms. The van der Waals surface area contributed by atoms with Gasteiger partial charge >= 0.3 is 0 Å². The van der Waals surface area contributed by atoms with Crippen LogP contribution in [0.1, 0.15) is 38.5 Å². The van der Waals surface area contributed by atoms with Crippen molar-refractivity contribution in [3.05, 3.63) is 18.2 Å². The molecule has 4 bridgehead atoms. The lowest BCUT2D eigenvalue weighted by atomic mass is 9.49. The molecule has 4 fully saturated rings. The Hall–Kier alpha value is -1.71. The molecule has 0 atom stereocenters. The van der Waals surface area contributed by atoms with E-state index in [1.807, 2.05) is 30.1 Å². The summed E-state index contributed by atoms with van der Waals surface area (Å²) >= 11 is 0. The van der Waals surface area contributed by atoms with Gasteiger partial charge in [0.2, 0.25) is 5.91 Å². The van der Waals surface area contributed by atoms with Gasteiger partial charge in [0.15, 0.2) is 11.5 Å². The van der Waals surface area contributed by atoms with Crippen LogP contribution in [-0.4, -0.2) is 26.2 Å².